The number of halogens is 2. The number of rotatable bonds is 3. The lowest BCUT2D eigenvalue weighted by atomic mass is 9.89. The second-order valence-corrected chi connectivity index (χ2v) is 7.24. The Hall–Kier alpha value is -3.95. The van der Waals surface area contributed by atoms with Crippen molar-refractivity contribution in [2.24, 2.45) is 0 Å². The van der Waals surface area contributed by atoms with E-state index in [1.807, 2.05) is 12.1 Å². The van der Waals surface area contributed by atoms with E-state index >= 15 is 0 Å². The summed E-state index contributed by atoms with van der Waals surface area (Å²) in [6.07, 6.45) is -1.47. The van der Waals surface area contributed by atoms with Gasteiger partial charge in [-0.05, 0) is 42.3 Å². The molecular weight excluding hydrogens is 406 g/mol. The molecular formula is C22H16F2N4O3. The molecule has 0 spiro atoms. The Morgan fingerprint density at radius 3 is 2.77 bits per heavy atom. The number of carbonyl (C=O) groups excluding carboxylic acids is 1. The number of anilines is 1. The minimum atomic E-state index is -1.21. The summed E-state index contributed by atoms with van der Waals surface area (Å²) in [6.45, 7) is 1.60. The van der Waals surface area contributed by atoms with Gasteiger partial charge in [0.25, 0.3) is 0 Å². The number of carbonyl (C=O) groups is 1. The molecule has 2 aromatic rings. The highest BCUT2D eigenvalue weighted by atomic mass is 19.1. The summed E-state index contributed by atoms with van der Waals surface area (Å²) in [4.78, 5) is 12.7. The van der Waals surface area contributed by atoms with Gasteiger partial charge in [-0.15, -0.1) is 0 Å². The maximum atomic E-state index is 14.4. The molecule has 1 amide bonds. The molecule has 7 nitrogen and oxygen atoms in total. The van der Waals surface area contributed by atoms with Crippen molar-refractivity contribution < 1.29 is 23.4 Å². The summed E-state index contributed by atoms with van der Waals surface area (Å²) in [6, 6.07) is 7.92. The van der Waals surface area contributed by atoms with Crippen molar-refractivity contribution in [1.29, 1.82) is 10.5 Å². The Bertz CT molecular complexity index is 1230. The van der Waals surface area contributed by atoms with Crippen LogP contribution in [0, 0.1) is 34.3 Å². The number of allylic oxidation sites excluding steroid dienone is 1. The summed E-state index contributed by atoms with van der Waals surface area (Å²) in [5, 5.41) is 34.1. The zero-order chi connectivity index (χ0) is 22.3. The van der Waals surface area contributed by atoms with Crippen LogP contribution in [0.15, 0.2) is 29.8 Å². The maximum Gasteiger partial charge on any atom is 0.224 e. The first-order chi connectivity index (χ1) is 14.8. The van der Waals surface area contributed by atoms with Crippen LogP contribution in [0.1, 0.15) is 41.6 Å². The molecule has 4 rings (SSSR count). The molecule has 2 aliphatic heterocycles. The van der Waals surface area contributed by atoms with E-state index in [2.05, 4.69) is 10.6 Å². The first-order valence-electron chi connectivity index (χ1n) is 9.37. The fourth-order valence-corrected chi connectivity index (χ4v) is 3.93. The topological polar surface area (TPSA) is 118 Å². The third kappa shape index (κ3) is 3.45. The summed E-state index contributed by atoms with van der Waals surface area (Å²) < 4.78 is 33.9. The Balaban J connectivity index is 1.59. The Morgan fingerprint density at radius 2 is 2.06 bits per heavy atom. The van der Waals surface area contributed by atoms with Crippen LogP contribution in [0.5, 0.6) is 5.75 Å². The van der Waals surface area contributed by atoms with E-state index in [0.717, 1.165) is 12.1 Å². The van der Waals surface area contributed by atoms with Gasteiger partial charge in [0.05, 0.1) is 35.2 Å². The zero-order valence-electron chi connectivity index (χ0n) is 16.3. The number of hydrogen-bond acceptors (Lipinski definition) is 6. The van der Waals surface area contributed by atoms with Crippen molar-refractivity contribution in [2.45, 2.75) is 25.6 Å². The SMILES string of the molecule is CC1=C(CC(=O)N[C@H]2COc3cc(C#N)cc(F)c32)C(O)Nc2ccc(F)c(C#N)c21. The number of aliphatic hydroxyl groups is 1. The van der Waals surface area contributed by atoms with E-state index in [4.69, 9.17) is 10.00 Å². The standard InChI is InChI=1S/C22H16F2N4O3/c1-10-12(22(30)28-16-3-2-14(23)13(8-26)20(10)16)6-19(29)27-17-9-31-18-5-11(7-25)4-15(24)21(17)18/h2-5,17,22,28,30H,6,9H2,1H3,(H,27,29)/t17-,22?/m0/s1. The van der Waals surface area contributed by atoms with E-state index < -0.39 is 29.8 Å². The maximum absolute atomic E-state index is 14.4. The normalized spacial score (nSPS) is 18.8. The van der Waals surface area contributed by atoms with Crippen LogP contribution in [-0.4, -0.2) is 23.8 Å². The number of fused-ring (bicyclic) bond motifs is 2. The molecule has 3 N–H and O–H groups in total. The summed E-state index contributed by atoms with van der Waals surface area (Å²) >= 11 is 0. The molecule has 0 radical (unpaired) electrons. The van der Waals surface area contributed by atoms with E-state index in [-0.39, 0.29) is 41.0 Å². The first-order valence-corrected chi connectivity index (χ1v) is 9.37. The van der Waals surface area contributed by atoms with E-state index in [1.165, 1.54) is 12.1 Å². The van der Waals surface area contributed by atoms with Crippen molar-refractivity contribution in [3.63, 3.8) is 0 Å². The van der Waals surface area contributed by atoms with Gasteiger partial charge in [-0.2, -0.15) is 10.5 Å². The number of hydrogen-bond donors (Lipinski definition) is 3. The quantitative estimate of drug-likeness (QED) is 0.700. The Labute approximate surface area is 176 Å². The number of nitriles is 2. The Morgan fingerprint density at radius 1 is 1.29 bits per heavy atom. The monoisotopic (exact) mass is 422 g/mol. The third-order valence-corrected chi connectivity index (χ3v) is 5.41. The van der Waals surface area contributed by atoms with Gasteiger partial charge < -0.3 is 20.5 Å². The van der Waals surface area contributed by atoms with Crippen molar-refractivity contribution in [2.75, 3.05) is 11.9 Å². The largest absolute Gasteiger partial charge is 0.491 e. The molecule has 0 aliphatic carbocycles. The minimum Gasteiger partial charge on any atom is -0.491 e. The van der Waals surface area contributed by atoms with Gasteiger partial charge >= 0.3 is 0 Å². The van der Waals surface area contributed by atoms with Crippen molar-refractivity contribution in [3.8, 4) is 17.9 Å². The second-order valence-electron chi connectivity index (χ2n) is 7.24. The van der Waals surface area contributed by atoms with Gasteiger partial charge in [0, 0.05) is 11.3 Å². The number of aliphatic hydroxyl groups excluding tert-OH is 1. The molecule has 0 aromatic heterocycles. The van der Waals surface area contributed by atoms with Crippen LogP contribution >= 0.6 is 0 Å². The molecule has 31 heavy (non-hydrogen) atoms. The van der Waals surface area contributed by atoms with E-state index in [0.29, 0.717) is 16.8 Å². The average Bonchev–Trinajstić information content (AvgIpc) is 3.14. The Kier molecular flexibility index (Phi) is 5.05. The summed E-state index contributed by atoms with van der Waals surface area (Å²) in [5.74, 6) is -1.68. The zero-order valence-corrected chi connectivity index (χ0v) is 16.3. The van der Waals surface area contributed by atoms with Gasteiger partial charge in [0.2, 0.25) is 5.91 Å². The molecule has 0 saturated carbocycles. The van der Waals surface area contributed by atoms with Crippen LogP contribution in [-0.2, 0) is 4.79 Å². The van der Waals surface area contributed by atoms with E-state index in [1.54, 1.807) is 6.92 Å². The molecule has 2 atom stereocenters. The highest BCUT2D eigenvalue weighted by Gasteiger charge is 2.32. The van der Waals surface area contributed by atoms with Crippen molar-refractivity contribution in [3.05, 3.63) is 63.7 Å². The lowest BCUT2D eigenvalue weighted by Crippen LogP contribution is -2.34. The number of benzene rings is 2. The second kappa shape index (κ2) is 7.71. The molecule has 9 heteroatoms. The highest BCUT2D eigenvalue weighted by molar-refractivity contribution is 5.89. The molecule has 2 heterocycles. The smallest absolute Gasteiger partial charge is 0.224 e. The summed E-state index contributed by atoms with van der Waals surface area (Å²) in [5.41, 5.74) is 1.45. The van der Waals surface area contributed by atoms with Crippen LogP contribution in [0.4, 0.5) is 14.5 Å². The number of nitrogens with one attached hydrogen (secondary N) is 2. The number of ether oxygens (including phenoxy) is 1. The molecule has 1 unspecified atom stereocenters. The molecule has 156 valence electrons. The van der Waals surface area contributed by atoms with Crippen LogP contribution in [0.25, 0.3) is 5.57 Å². The number of amides is 1. The molecule has 0 fully saturated rings. The minimum absolute atomic E-state index is 0.00165. The predicted molar refractivity (Wildman–Crippen MR) is 105 cm³/mol. The van der Waals surface area contributed by atoms with Crippen molar-refractivity contribution in [1.82, 2.24) is 5.32 Å². The van der Waals surface area contributed by atoms with Crippen LogP contribution < -0.4 is 15.4 Å². The molecule has 2 aliphatic rings. The van der Waals surface area contributed by atoms with Gasteiger partial charge in [0.1, 0.15) is 36.3 Å². The average molecular weight is 422 g/mol. The molecule has 0 bridgehead atoms. The molecule has 0 saturated heterocycles. The van der Waals surface area contributed by atoms with Gasteiger partial charge in [-0.25, -0.2) is 8.78 Å². The highest BCUT2D eigenvalue weighted by Crippen LogP contribution is 2.38. The van der Waals surface area contributed by atoms with Crippen molar-refractivity contribution >= 4 is 17.2 Å². The molecule has 2 aromatic carbocycles. The van der Waals surface area contributed by atoms with Gasteiger partial charge in [0.15, 0.2) is 0 Å². The lowest BCUT2D eigenvalue weighted by Gasteiger charge is -2.28. The van der Waals surface area contributed by atoms with Crippen LogP contribution in [0.3, 0.4) is 0 Å². The predicted octanol–water partition coefficient (Wildman–Crippen LogP) is 2.87. The fourth-order valence-electron chi connectivity index (χ4n) is 3.93. The fraction of sp³-hybridized carbons (Fsp3) is 0.227. The van der Waals surface area contributed by atoms with E-state index in [9.17, 15) is 23.9 Å². The van der Waals surface area contributed by atoms with Gasteiger partial charge in [-0.3, -0.25) is 4.79 Å². The first kappa shape index (κ1) is 20.3. The summed E-state index contributed by atoms with van der Waals surface area (Å²) in [7, 11) is 0. The van der Waals surface area contributed by atoms with Crippen LogP contribution in [0.2, 0.25) is 0 Å². The lowest BCUT2D eigenvalue weighted by molar-refractivity contribution is -0.121. The number of nitrogens with zero attached hydrogens (tertiary/aromatic N) is 2. The third-order valence-electron chi connectivity index (χ3n) is 5.41. The van der Waals surface area contributed by atoms with Gasteiger partial charge in [-0.1, -0.05) is 0 Å².